The predicted octanol–water partition coefficient (Wildman–Crippen LogP) is 5.18. The molecule has 1 amide bonds. The van der Waals surface area contributed by atoms with E-state index in [-0.39, 0.29) is 11.8 Å². The number of carbonyl (C=O) groups is 1. The molecule has 1 atom stereocenters. The largest absolute Gasteiger partial charge is 0.628 e. The lowest BCUT2D eigenvalue weighted by molar-refractivity contribution is -0.504. The first-order chi connectivity index (χ1) is 13.1. The fraction of sp³-hybridized carbons (Fsp3) is 0.870. The Labute approximate surface area is 168 Å². The second-order valence-corrected chi connectivity index (χ2v) is 8.18. The molecular weight excluding hydrogens is 336 g/mol. The molecule has 0 aliphatic heterocycles. The van der Waals surface area contributed by atoms with Crippen LogP contribution in [0.1, 0.15) is 103 Å². The van der Waals surface area contributed by atoms with Crippen LogP contribution in [0.5, 0.6) is 0 Å². The van der Waals surface area contributed by atoms with Crippen molar-refractivity contribution in [2.75, 3.05) is 20.6 Å². The van der Waals surface area contributed by atoms with E-state index in [0.29, 0.717) is 5.48 Å². The number of rotatable bonds is 19. The van der Waals surface area contributed by atoms with Crippen molar-refractivity contribution in [3.05, 3.63) is 17.4 Å². The van der Waals surface area contributed by atoms with Gasteiger partial charge in [0.1, 0.15) is 0 Å². The van der Waals surface area contributed by atoms with E-state index in [0.717, 1.165) is 32.2 Å². The molecule has 0 aromatic rings. The van der Waals surface area contributed by atoms with Gasteiger partial charge < -0.3 is 15.6 Å². The Balaban J connectivity index is 3.58. The molecule has 0 bridgehead atoms. The number of nitrogens with two attached hydrogens (primary N) is 1. The first kappa shape index (κ1) is 26.3. The molecular formula is C23H46N2O2. The van der Waals surface area contributed by atoms with Crippen LogP contribution in [-0.4, -0.2) is 31.4 Å². The molecule has 160 valence electrons. The average Bonchev–Trinajstić information content (AvgIpc) is 2.65. The molecule has 0 aromatic carbocycles. The van der Waals surface area contributed by atoms with E-state index >= 15 is 0 Å². The van der Waals surface area contributed by atoms with Gasteiger partial charge in [0.05, 0.1) is 5.92 Å². The first-order valence-electron chi connectivity index (χ1n) is 11.4. The number of quaternary nitrogens is 1. The molecule has 4 heteroatoms. The lowest BCUT2D eigenvalue weighted by Crippen LogP contribution is -2.83. The standard InChI is InChI=1S/C23H46N2O2/c1-4-5-6-7-8-9-10-11-12-13-14-15-16-17-19-22(23(26)24-27)20-18-21-25(2)3/h11-12,22H,4-10,13-21,24H2,1-3H3. The summed E-state index contributed by atoms with van der Waals surface area (Å²) in [7, 11) is 4.08. The smallest absolute Gasteiger partial charge is 0.313 e. The van der Waals surface area contributed by atoms with Gasteiger partial charge in [0.15, 0.2) is 0 Å². The maximum absolute atomic E-state index is 11.8. The summed E-state index contributed by atoms with van der Waals surface area (Å²) in [4.78, 5) is 13.9. The molecule has 4 nitrogen and oxygen atoms in total. The summed E-state index contributed by atoms with van der Waals surface area (Å²) in [6, 6.07) is 0. The molecule has 1 unspecified atom stereocenters. The number of carbonyl (C=O) groups excluding carboxylic acids is 1. The van der Waals surface area contributed by atoms with Crippen LogP contribution in [0.25, 0.3) is 0 Å². The summed E-state index contributed by atoms with van der Waals surface area (Å²) in [6.45, 7) is 3.24. The molecule has 0 saturated heterocycles. The zero-order chi connectivity index (χ0) is 20.2. The summed E-state index contributed by atoms with van der Waals surface area (Å²) in [5.41, 5.74) is 0.523. The van der Waals surface area contributed by atoms with Crippen LogP contribution in [0, 0.1) is 11.1 Å². The summed E-state index contributed by atoms with van der Waals surface area (Å²) in [5.74, 6) is -0.258. The number of hydrogen-bond donors (Lipinski definition) is 1. The van der Waals surface area contributed by atoms with Crippen molar-refractivity contribution >= 4 is 5.91 Å². The number of hydrogen-bond acceptors (Lipinski definition) is 3. The molecule has 0 heterocycles. The van der Waals surface area contributed by atoms with Crippen LogP contribution >= 0.6 is 0 Å². The first-order valence-corrected chi connectivity index (χ1v) is 11.4. The lowest BCUT2D eigenvalue weighted by Gasteiger charge is -2.16. The van der Waals surface area contributed by atoms with Gasteiger partial charge in [0.25, 0.3) is 0 Å². The molecule has 0 rings (SSSR count). The SMILES string of the molecule is CCCCCCCCC=CCCCCCCC(CCCN(C)C)C(=O)[NH2+][O-]. The van der Waals surface area contributed by atoms with E-state index < -0.39 is 0 Å². The molecule has 0 aromatic heterocycles. The van der Waals surface area contributed by atoms with Crippen molar-refractivity contribution < 1.29 is 10.3 Å². The monoisotopic (exact) mass is 382 g/mol. The minimum absolute atomic E-state index is 0.0559. The van der Waals surface area contributed by atoms with E-state index in [1.807, 2.05) is 14.1 Å². The minimum Gasteiger partial charge on any atom is -0.628 e. The zero-order valence-corrected chi connectivity index (χ0v) is 18.4. The summed E-state index contributed by atoms with van der Waals surface area (Å²) < 4.78 is 0. The number of hydroxylamine groups is 1. The maximum Gasteiger partial charge on any atom is 0.313 e. The van der Waals surface area contributed by atoms with Crippen molar-refractivity contribution in [1.29, 1.82) is 0 Å². The van der Waals surface area contributed by atoms with Crippen molar-refractivity contribution in [2.24, 2.45) is 5.92 Å². The van der Waals surface area contributed by atoms with Crippen molar-refractivity contribution in [2.45, 2.75) is 103 Å². The van der Waals surface area contributed by atoms with Gasteiger partial charge in [-0.15, -0.1) is 0 Å². The van der Waals surface area contributed by atoms with Gasteiger partial charge in [0.2, 0.25) is 0 Å². The normalized spacial score (nSPS) is 12.9. The van der Waals surface area contributed by atoms with Crippen LogP contribution in [-0.2, 0) is 4.79 Å². The third-order valence-corrected chi connectivity index (χ3v) is 5.24. The summed E-state index contributed by atoms with van der Waals surface area (Å²) in [5, 5.41) is 10.8. The Morgan fingerprint density at radius 3 is 1.93 bits per heavy atom. The van der Waals surface area contributed by atoms with E-state index in [9.17, 15) is 10.0 Å². The van der Waals surface area contributed by atoms with Gasteiger partial charge in [-0.25, -0.2) is 4.79 Å². The van der Waals surface area contributed by atoms with E-state index in [1.54, 1.807) is 0 Å². The minimum atomic E-state index is -0.202. The second kappa shape index (κ2) is 20.0. The van der Waals surface area contributed by atoms with Crippen LogP contribution in [0.15, 0.2) is 12.2 Å². The molecule has 0 aliphatic carbocycles. The van der Waals surface area contributed by atoms with Gasteiger partial charge in [-0.2, -0.15) is 0 Å². The van der Waals surface area contributed by atoms with Gasteiger partial charge in [-0.3, -0.25) is 0 Å². The molecule has 0 fully saturated rings. The van der Waals surface area contributed by atoms with Crippen LogP contribution in [0.4, 0.5) is 0 Å². The fourth-order valence-electron chi connectivity index (χ4n) is 3.46. The predicted molar refractivity (Wildman–Crippen MR) is 116 cm³/mol. The molecule has 27 heavy (non-hydrogen) atoms. The highest BCUT2D eigenvalue weighted by Crippen LogP contribution is 2.16. The zero-order valence-electron chi connectivity index (χ0n) is 18.4. The second-order valence-electron chi connectivity index (χ2n) is 8.18. The highest BCUT2D eigenvalue weighted by atomic mass is 16.5. The van der Waals surface area contributed by atoms with Gasteiger partial charge >= 0.3 is 5.91 Å². The third kappa shape index (κ3) is 18.4. The third-order valence-electron chi connectivity index (χ3n) is 5.24. The Bertz CT molecular complexity index is 356. The quantitative estimate of drug-likeness (QED) is 0.190. The number of unbranched alkanes of at least 4 members (excludes halogenated alkanes) is 10. The van der Waals surface area contributed by atoms with E-state index in [4.69, 9.17) is 0 Å². The Hall–Kier alpha value is -0.710. The van der Waals surface area contributed by atoms with E-state index in [1.165, 1.54) is 70.6 Å². The summed E-state index contributed by atoms with van der Waals surface area (Å²) in [6.07, 6.45) is 22.7. The maximum atomic E-state index is 11.8. The van der Waals surface area contributed by atoms with Crippen molar-refractivity contribution in [3.63, 3.8) is 0 Å². The molecule has 0 spiro atoms. The Morgan fingerprint density at radius 2 is 1.37 bits per heavy atom. The van der Waals surface area contributed by atoms with Crippen LogP contribution < -0.4 is 5.48 Å². The molecule has 2 N–H and O–H groups in total. The number of nitrogens with zero attached hydrogens (tertiary/aromatic N) is 1. The topological polar surface area (TPSA) is 60.0 Å². The highest BCUT2D eigenvalue weighted by Gasteiger charge is 2.18. The summed E-state index contributed by atoms with van der Waals surface area (Å²) >= 11 is 0. The lowest BCUT2D eigenvalue weighted by atomic mass is 9.95. The number of primary amides is 1. The van der Waals surface area contributed by atoms with Gasteiger partial charge in [-0.05, 0) is 65.6 Å². The van der Waals surface area contributed by atoms with Crippen LogP contribution in [0.2, 0.25) is 0 Å². The molecule has 0 saturated carbocycles. The highest BCUT2D eigenvalue weighted by molar-refractivity contribution is 5.68. The fourth-order valence-corrected chi connectivity index (χ4v) is 3.46. The molecule has 0 radical (unpaired) electrons. The molecule has 0 aliphatic rings. The van der Waals surface area contributed by atoms with Crippen LogP contribution in [0.3, 0.4) is 0 Å². The number of allylic oxidation sites excluding steroid dienone is 2. The van der Waals surface area contributed by atoms with Gasteiger partial charge in [0, 0.05) is 0 Å². The number of amides is 1. The van der Waals surface area contributed by atoms with E-state index in [2.05, 4.69) is 24.0 Å². The Kier molecular flexibility index (Phi) is 19.5. The van der Waals surface area contributed by atoms with Crippen molar-refractivity contribution in [1.82, 2.24) is 4.90 Å². The van der Waals surface area contributed by atoms with Gasteiger partial charge in [-0.1, -0.05) is 70.4 Å². The average molecular weight is 383 g/mol. The van der Waals surface area contributed by atoms with Crippen molar-refractivity contribution in [3.8, 4) is 0 Å². The Morgan fingerprint density at radius 1 is 0.852 bits per heavy atom.